The van der Waals surface area contributed by atoms with Gasteiger partial charge in [0.25, 0.3) is 0 Å². The summed E-state index contributed by atoms with van der Waals surface area (Å²) in [4.78, 5) is 20.1. The molecule has 4 rings (SSSR count). The predicted molar refractivity (Wildman–Crippen MR) is 96.2 cm³/mol. The number of anilines is 2. The van der Waals surface area contributed by atoms with Crippen molar-refractivity contribution in [3.05, 3.63) is 65.5 Å². The second-order valence-corrected chi connectivity index (χ2v) is 6.21. The Hall–Kier alpha value is -3.21. The van der Waals surface area contributed by atoms with Crippen LogP contribution in [0, 0.1) is 6.92 Å². The van der Waals surface area contributed by atoms with E-state index in [4.69, 9.17) is 0 Å². The molecule has 1 aliphatic rings. The van der Waals surface area contributed by atoms with E-state index in [0.29, 0.717) is 17.9 Å². The highest BCUT2D eigenvalue weighted by molar-refractivity contribution is 6.00. The number of nitrogens with one attached hydrogen (secondary N) is 1. The molecule has 124 valence electrons. The second kappa shape index (κ2) is 6.02. The number of benzene rings is 2. The first-order valence-corrected chi connectivity index (χ1v) is 8.16. The van der Waals surface area contributed by atoms with Crippen LogP contribution in [0.5, 0.6) is 5.75 Å². The van der Waals surface area contributed by atoms with E-state index in [1.54, 1.807) is 0 Å². The van der Waals surface area contributed by atoms with Crippen LogP contribution in [-0.2, 0) is 6.42 Å². The van der Waals surface area contributed by atoms with Crippen molar-refractivity contribution in [3.63, 3.8) is 0 Å². The second-order valence-electron chi connectivity index (χ2n) is 6.21. The molecule has 0 aliphatic heterocycles. The van der Waals surface area contributed by atoms with Crippen LogP contribution >= 0.6 is 0 Å². The molecule has 0 spiro atoms. The molecule has 25 heavy (non-hydrogen) atoms. The van der Waals surface area contributed by atoms with Gasteiger partial charge in [0.1, 0.15) is 12.0 Å². The van der Waals surface area contributed by atoms with Crippen LogP contribution in [0.1, 0.15) is 27.9 Å². The summed E-state index contributed by atoms with van der Waals surface area (Å²) in [5.74, 6) is 0.533. The van der Waals surface area contributed by atoms with E-state index in [-0.39, 0.29) is 11.5 Å². The maximum absolute atomic E-state index is 11.7. The summed E-state index contributed by atoms with van der Waals surface area (Å²) < 4.78 is 0. The van der Waals surface area contributed by atoms with Gasteiger partial charge in [0.2, 0.25) is 0 Å². The molecule has 0 amide bonds. The fraction of sp³-hybridized carbons (Fsp3) is 0.150. The molecule has 0 radical (unpaired) electrons. The number of fused-ring (bicyclic) bond motifs is 1. The lowest BCUT2D eigenvalue weighted by Gasteiger charge is -2.11. The summed E-state index contributed by atoms with van der Waals surface area (Å²) in [6.07, 6.45) is 2.75. The molecule has 1 aliphatic carbocycles. The Morgan fingerprint density at radius 2 is 1.84 bits per heavy atom. The van der Waals surface area contributed by atoms with E-state index in [0.717, 1.165) is 34.4 Å². The standard InChI is InChI=1S/C20H17N3O2/c1-12-2-4-13(5-3-12)18-19(25)20(22-11-21-18)23-15-7-8-16-14(10-15)6-9-17(16)24/h2-5,7-8,10-11,25H,6,9H2,1H3,(H,21,22,23). The van der Waals surface area contributed by atoms with E-state index in [2.05, 4.69) is 15.3 Å². The zero-order valence-electron chi connectivity index (χ0n) is 13.8. The van der Waals surface area contributed by atoms with Crippen molar-refractivity contribution in [1.29, 1.82) is 0 Å². The minimum atomic E-state index is 0.00271. The summed E-state index contributed by atoms with van der Waals surface area (Å²) in [7, 11) is 0. The topological polar surface area (TPSA) is 75.1 Å². The average Bonchev–Trinajstić information content (AvgIpc) is 2.98. The van der Waals surface area contributed by atoms with Gasteiger partial charge in [-0.1, -0.05) is 29.8 Å². The number of rotatable bonds is 3. The number of Topliss-reactive ketones (excluding diaryl/α,β-unsaturated/α-hetero) is 1. The molecular weight excluding hydrogens is 314 g/mol. The van der Waals surface area contributed by atoms with Gasteiger partial charge < -0.3 is 10.4 Å². The molecule has 0 fully saturated rings. The van der Waals surface area contributed by atoms with Crippen molar-refractivity contribution in [1.82, 2.24) is 9.97 Å². The Morgan fingerprint density at radius 3 is 2.64 bits per heavy atom. The van der Waals surface area contributed by atoms with Gasteiger partial charge in [-0.25, -0.2) is 9.97 Å². The number of hydrogen-bond donors (Lipinski definition) is 2. The minimum Gasteiger partial charge on any atom is -0.503 e. The first kappa shape index (κ1) is 15.3. The van der Waals surface area contributed by atoms with Crippen LogP contribution in [0.4, 0.5) is 11.5 Å². The van der Waals surface area contributed by atoms with Gasteiger partial charge in [-0.3, -0.25) is 4.79 Å². The van der Waals surface area contributed by atoms with E-state index >= 15 is 0 Å². The van der Waals surface area contributed by atoms with E-state index in [9.17, 15) is 9.90 Å². The molecule has 5 heteroatoms. The number of aromatic nitrogens is 2. The third kappa shape index (κ3) is 2.85. The Morgan fingerprint density at radius 1 is 1.04 bits per heavy atom. The number of aryl methyl sites for hydroxylation is 2. The summed E-state index contributed by atoms with van der Waals surface area (Å²) in [6.45, 7) is 2.01. The monoisotopic (exact) mass is 331 g/mol. The predicted octanol–water partition coefficient (Wildman–Crippen LogP) is 4.03. The highest BCUT2D eigenvalue weighted by Crippen LogP contribution is 2.34. The lowest BCUT2D eigenvalue weighted by molar-refractivity contribution is 0.0994. The number of ketones is 1. The molecule has 0 unspecified atom stereocenters. The lowest BCUT2D eigenvalue weighted by atomic mass is 10.1. The first-order valence-electron chi connectivity index (χ1n) is 8.16. The van der Waals surface area contributed by atoms with E-state index in [1.165, 1.54) is 6.33 Å². The van der Waals surface area contributed by atoms with Gasteiger partial charge >= 0.3 is 0 Å². The average molecular weight is 331 g/mol. The fourth-order valence-electron chi connectivity index (χ4n) is 3.06. The van der Waals surface area contributed by atoms with Crippen molar-refractivity contribution in [2.45, 2.75) is 19.8 Å². The molecule has 0 saturated carbocycles. The fourth-order valence-corrected chi connectivity index (χ4v) is 3.06. The molecule has 1 aromatic heterocycles. The Balaban J connectivity index is 1.67. The zero-order chi connectivity index (χ0) is 17.4. The molecule has 3 aromatic rings. The number of hydrogen-bond acceptors (Lipinski definition) is 5. The highest BCUT2D eigenvalue weighted by Gasteiger charge is 2.20. The minimum absolute atomic E-state index is 0.00271. The van der Waals surface area contributed by atoms with Crippen LogP contribution in [0.3, 0.4) is 0 Å². The van der Waals surface area contributed by atoms with Gasteiger partial charge in [0.05, 0.1) is 0 Å². The third-order valence-electron chi connectivity index (χ3n) is 4.44. The quantitative estimate of drug-likeness (QED) is 0.758. The largest absolute Gasteiger partial charge is 0.503 e. The summed E-state index contributed by atoms with van der Waals surface area (Å²) in [5, 5.41) is 13.7. The van der Waals surface area contributed by atoms with E-state index in [1.807, 2.05) is 49.4 Å². The van der Waals surface area contributed by atoms with Gasteiger partial charge in [0.15, 0.2) is 17.4 Å². The molecule has 2 aromatic carbocycles. The van der Waals surface area contributed by atoms with Crippen LogP contribution in [0.25, 0.3) is 11.3 Å². The Kier molecular flexibility index (Phi) is 3.69. The first-order chi connectivity index (χ1) is 12.1. The third-order valence-corrected chi connectivity index (χ3v) is 4.44. The summed E-state index contributed by atoms with van der Waals surface area (Å²) >= 11 is 0. The van der Waals surface area contributed by atoms with Gasteiger partial charge in [0, 0.05) is 23.2 Å². The zero-order valence-corrected chi connectivity index (χ0v) is 13.8. The van der Waals surface area contributed by atoms with Crippen molar-refractivity contribution in [2.75, 3.05) is 5.32 Å². The Labute approximate surface area is 145 Å². The Bertz CT molecular complexity index is 965. The smallest absolute Gasteiger partial charge is 0.185 e. The number of carbonyl (C=O) groups excluding carboxylic acids is 1. The maximum Gasteiger partial charge on any atom is 0.185 e. The van der Waals surface area contributed by atoms with Gasteiger partial charge in [-0.05, 0) is 37.1 Å². The summed E-state index contributed by atoms with van der Waals surface area (Å²) in [6, 6.07) is 13.4. The molecular formula is C20H17N3O2. The molecule has 0 bridgehead atoms. The van der Waals surface area contributed by atoms with Gasteiger partial charge in [-0.15, -0.1) is 0 Å². The highest BCUT2D eigenvalue weighted by atomic mass is 16.3. The van der Waals surface area contributed by atoms with Gasteiger partial charge in [-0.2, -0.15) is 0 Å². The molecule has 2 N–H and O–H groups in total. The van der Waals surface area contributed by atoms with Crippen molar-refractivity contribution < 1.29 is 9.90 Å². The number of nitrogens with zero attached hydrogens (tertiary/aromatic N) is 2. The van der Waals surface area contributed by atoms with Crippen LogP contribution in [-0.4, -0.2) is 20.9 Å². The number of aromatic hydroxyl groups is 1. The molecule has 0 saturated heterocycles. The van der Waals surface area contributed by atoms with Crippen molar-refractivity contribution in [3.8, 4) is 17.0 Å². The molecule has 0 atom stereocenters. The summed E-state index contributed by atoms with van der Waals surface area (Å²) in [5.41, 5.74) is 5.06. The molecule has 5 nitrogen and oxygen atoms in total. The molecule has 1 heterocycles. The lowest BCUT2D eigenvalue weighted by Crippen LogP contribution is -1.98. The van der Waals surface area contributed by atoms with Crippen LogP contribution in [0.2, 0.25) is 0 Å². The SMILES string of the molecule is Cc1ccc(-c2ncnc(Nc3ccc4c(c3)CCC4=O)c2O)cc1. The maximum atomic E-state index is 11.7. The van der Waals surface area contributed by atoms with Crippen LogP contribution < -0.4 is 5.32 Å². The van der Waals surface area contributed by atoms with Crippen molar-refractivity contribution in [2.24, 2.45) is 0 Å². The van der Waals surface area contributed by atoms with E-state index < -0.39 is 0 Å². The normalized spacial score (nSPS) is 12.9. The van der Waals surface area contributed by atoms with Crippen molar-refractivity contribution >= 4 is 17.3 Å². The van der Waals surface area contributed by atoms with Crippen LogP contribution in [0.15, 0.2) is 48.8 Å². The number of carbonyl (C=O) groups is 1.